The van der Waals surface area contributed by atoms with Gasteiger partial charge >= 0.3 is 0 Å². The lowest BCUT2D eigenvalue weighted by atomic mass is 10.3. The van der Waals surface area contributed by atoms with E-state index in [0.29, 0.717) is 5.92 Å². The van der Waals surface area contributed by atoms with E-state index in [2.05, 4.69) is 22.4 Å². The second-order valence-electron chi connectivity index (χ2n) is 4.64. The van der Waals surface area contributed by atoms with Crippen LogP contribution in [0, 0.1) is 11.8 Å². The Morgan fingerprint density at radius 1 is 1.42 bits per heavy atom. The highest BCUT2D eigenvalue weighted by Gasteiger charge is 2.38. The first-order chi connectivity index (χ1) is 9.22. The number of benzene rings is 1. The molecule has 1 amide bonds. The van der Waals surface area contributed by atoms with Gasteiger partial charge in [0.25, 0.3) is 0 Å². The van der Waals surface area contributed by atoms with Gasteiger partial charge in [0.05, 0.1) is 0 Å². The van der Waals surface area contributed by atoms with E-state index < -0.39 is 0 Å². The maximum atomic E-state index is 11.8. The highest BCUT2D eigenvalue weighted by molar-refractivity contribution is 8.01. The third-order valence-electron chi connectivity index (χ3n) is 3.11. The third-order valence-corrected chi connectivity index (χ3v) is 4.90. The average molecular weight is 291 g/mol. The van der Waals surface area contributed by atoms with Crippen LogP contribution in [0.3, 0.4) is 0 Å². The monoisotopic (exact) mass is 291 g/mol. The van der Waals surface area contributed by atoms with Gasteiger partial charge in [-0.05, 0) is 36.6 Å². The van der Waals surface area contributed by atoms with Crippen molar-refractivity contribution in [3.63, 3.8) is 0 Å². The average Bonchev–Trinajstić information content (AvgIpc) is 2.92. The molecule has 0 spiro atoms. The first-order valence-electron chi connectivity index (χ1n) is 6.07. The first kappa shape index (κ1) is 12.6. The molecule has 0 aliphatic heterocycles. The van der Waals surface area contributed by atoms with E-state index >= 15 is 0 Å². The second kappa shape index (κ2) is 5.30. The van der Waals surface area contributed by atoms with Crippen molar-refractivity contribution in [3.8, 4) is 0 Å². The molecule has 1 aliphatic rings. The SMILES string of the molecule is C[C@H]1C[C@@H]1C(=O)Nc1ccc(Sc2nncs2)cc1. The summed E-state index contributed by atoms with van der Waals surface area (Å²) in [5.41, 5.74) is 2.57. The van der Waals surface area contributed by atoms with E-state index in [4.69, 9.17) is 0 Å². The minimum absolute atomic E-state index is 0.136. The van der Waals surface area contributed by atoms with Gasteiger partial charge in [0.1, 0.15) is 5.51 Å². The molecule has 3 rings (SSSR count). The zero-order valence-electron chi connectivity index (χ0n) is 10.4. The van der Waals surface area contributed by atoms with E-state index in [1.807, 2.05) is 24.3 Å². The van der Waals surface area contributed by atoms with E-state index in [1.54, 1.807) is 17.3 Å². The summed E-state index contributed by atoms with van der Waals surface area (Å²) < 4.78 is 0.920. The van der Waals surface area contributed by atoms with Crippen molar-refractivity contribution in [1.82, 2.24) is 10.2 Å². The summed E-state index contributed by atoms with van der Waals surface area (Å²) in [5, 5.41) is 10.7. The Balaban J connectivity index is 1.61. The topological polar surface area (TPSA) is 54.9 Å². The van der Waals surface area contributed by atoms with E-state index in [1.165, 1.54) is 11.3 Å². The number of amides is 1. The number of carbonyl (C=O) groups is 1. The summed E-state index contributed by atoms with van der Waals surface area (Å²) >= 11 is 3.09. The maximum Gasteiger partial charge on any atom is 0.227 e. The standard InChI is InChI=1S/C13H13N3OS2/c1-8-6-11(8)12(17)15-9-2-4-10(5-3-9)19-13-16-14-7-18-13/h2-5,7-8,11H,6H2,1H3,(H,15,17)/t8-,11-/m0/s1. The molecule has 19 heavy (non-hydrogen) atoms. The van der Waals surface area contributed by atoms with Crippen molar-refractivity contribution in [2.75, 3.05) is 5.32 Å². The molecule has 1 fully saturated rings. The fourth-order valence-corrected chi connectivity index (χ4v) is 3.29. The highest BCUT2D eigenvalue weighted by Crippen LogP contribution is 2.38. The molecular formula is C13H13N3OS2. The van der Waals surface area contributed by atoms with Gasteiger partial charge in [-0.3, -0.25) is 4.79 Å². The molecule has 6 heteroatoms. The summed E-state index contributed by atoms with van der Waals surface area (Å²) in [4.78, 5) is 12.9. The molecule has 1 heterocycles. The van der Waals surface area contributed by atoms with Gasteiger partial charge < -0.3 is 5.32 Å². The van der Waals surface area contributed by atoms with Crippen molar-refractivity contribution in [1.29, 1.82) is 0 Å². The third kappa shape index (κ3) is 3.13. The predicted molar refractivity (Wildman–Crippen MR) is 76.4 cm³/mol. The number of anilines is 1. The Morgan fingerprint density at radius 3 is 2.74 bits per heavy atom. The zero-order valence-corrected chi connectivity index (χ0v) is 12.0. The lowest BCUT2D eigenvalue weighted by molar-refractivity contribution is -0.117. The van der Waals surface area contributed by atoms with Crippen LogP contribution in [0.4, 0.5) is 5.69 Å². The van der Waals surface area contributed by atoms with E-state index in [9.17, 15) is 4.79 Å². The Bertz CT molecular complexity index is 568. The highest BCUT2D eigenvalue weighted by atomic mass is 32.2. The van der Waals surface area contributed by atoms with Crippen molar-refractivity contribution < 1.29 is 4.79 Å². The van der Waals surface area contributed by atoms with Crippen LogP contribution in [0.2, 0.25) is 0 Å². The Kier molecular flexibility index (Phi) is 3.52. The van der Waals surface area contributed by atoms with Gasteiger partial charge in [-0.2, -0.15) is 0 Å². The van der Waals surface area contributed by atoms with Crippen LogP contribution in [-0.2, 0) is 4.79 Å². The van der Waals surface area contributed by atoms with Crippen molar-refractivity contribution in [2.24, 2.45) is 11.8 Å². The molecule has 1 N–H and O–H groups in total. The van der Waals surface area contributed by atoms with E-state index in [0.717, 1.165) is 21.3 Å². The summed E-state index contributed by atoms with van der Waals surface area (Å²) in [7, 11) is 0. The van der Waals surface area contributed by atoms with Crippen molar-refractivity contribution >= 4 is 34.7 Å². The van der Waals surface area contributed by atoms with Gasteiger partial charge in [0.15, 0.2) is 4.34 Å². The molecule has 98 valence electrons. The minimum atomic E-state index is 0.136. The van der Waals surface area contributed by atoms with Gasteiger partial charge in [-0.15, -0.1) is 10.2 Å². The number of rotatable bonds is 4. The molecule has 1 saturated carbocycles. The molecule has 0 unspecified atom stereocenters. The number of hydrogen-bond acceptors (Lipinski definition) is 5. The van der Waals surface area contributed by atoms with Crippen LogP contribution in [-0.4, -0.2) is 16.1 Å². The molecule has 0 bridgehead atoms. The fraction of sp³-hybridized carbons (Fsp3) is 0.308. The van der Waals surface area contributed by atoms with Crippen LogP contribution in [0.25, 0.3) is 0 Å². The lowest BCUT2D eigenvalue weighted by Gasteiger charge is -2.05. The maximum absolute atomic E-state index is 11.8. The largest absolute Gasteiger partial charge is 0.326 e. The van der Waals surface area contributed by atoms with E-state index in [-0.39, 0.29) is 11.8 Å². The summed E-state index contributed by atoms with van der Waals surface area (Å²) in [6.45, 7) is 2.10. The molecule has 1 aromatic heterocycles. The molecule has 1 aliphatic carbocycles. The smallest absolute Gasteiger partial charge is 0.227 e. The molecule has 1 aromatic carbocycles. The number of hydrogen-bond donors (Lipinski definition) is 1. The molecule has 4 nitrogen and oxygen atoms in total. The van der Waals surface area contributed by atoms with Crippen LogP contribution in [0.5, 0.6) is 0 Å². The molecular weight excluding hydrogens is 278 g/mol. The van der Waals surface area contributed by atoms with Crippen LogP contribution in [0.15, 0.2) is 39.0 Å². The van der Waals surface area contributed by atoms with Crippen LogP contribution < -0.4 is 5.32 Å². The van der Waals surface area contributed by atoms with Gasteiger partial charge in [0, 0.05) is 16.5 Å². The van der Waals surface area contributed by atoms with Crippen LogP contribution >= 0.6 is 23.1 Å². The molecule has 2 atom stereocenters. The van der Waals surface area contributed by atoms with Crippen molar-refractivity contribution in [3.05, 3.63) is 29.8 Å². The first-order valence-corrected chi connectivity index (χ1v) is 7.77. The second-order valence-corrected chi connectivity index (χ2v) is 6.79. The van der Waals surface area contributed by atoms with Gasteiger partial charge in [-0.1, -0.05) is 30.0 Å². The summed E-state index contributed by atoms with van der Waals surface area (Å²) in [6.07, 6.45) is 1.01. The Morgan fingerprint density at radius 2 is 2.16 bits per heavy atom. The number of carbonyl (C=O) groups excluding carboxylic acids is 1. The Labute approximate surface area is 119 Å². The van der Waals surface area contributed by atoms with Crippen molar-refractivity contribution in [2.45, 2.75) is 22.6 Å². The normalized spacial score (nSPS) is 21.1. The zero-order chi connectivity index (χ0) is 13.2. The Hall–Kier alpha value is -1.40. The molecule has 2 aromatic rings. The van der Waals surface area contributed by atoms with Gasteiger partial charge in [0.2, 0.25) is 5.91 Å². The summed E-state index contributed by atoms with van der Waals surface area (Å²) in [5.74, 6) is 0.875. The predicted octanol–water partition coefficient (Wildman–Crippen LogP) is 3.28. The lowest BCUT2D eigenvalue weighted by Crippen LogP contribution is -2.14. The molecule has 0 radical (unpaired) electrons. The number of nitrogens with one attached hydrogen (secondary N) is 1. The fourth-order valence-electron chi connectivity index (χ4n) is 1.84. The van der Waals surface area contributed by atoms with Crippen LogP contribution in [0.1, 0.15) is 13.3 Å². The number of aromatic nitrogens is 2. The molecule has 0 saturated heterocycles. The quantitative estimate of drug-likeness (QED) is 0.939. The summed E-state index contributed by atoms with van der Waals surface area (Å²) in [6, 6.07) is 7.82. The van der Waals surface area contributed by atoms with Gasteiger partial charge in [-0.25, -0.2) is 0 Å². The minimum Gasteiger partial charge on any atom is -0.326 e. The number of nitrogens with zero attached hydrogens (tertiary/aromatic N) is 2.